The van der Waals surface area contributed by atoms with Crippen LogP contribution in [0.1, 0.15) is 12.8 Å². The van der Waals surface area contributed by atoms with E-state index < -0.39 is 42.7 Å². The lowest BCUT2D eigenvalue weighted by molar-refractivity contribution is -0.146. The van der Waals surface area contributed by atoms with Gasteiger partial charge in [-0.2, -0.15) is 0 Å². The van der Waals surface area contributed by atoms with E-state index in [2.05, 4.69) is 10.6 Å². The van der Waals surface area contributed by atoms with Gasteiger partial charge in [-0.15, -0.1) is 0 Å². The Hall–Kier alpha value is -1.75. The first-order valence-corrected chi connectivity index (χ1v) is 6.23. The van der Waals surface area contributed by atoms with Crippen LogP contribution in [0.15, 0.2) is 0 Å². The molecule has 0 aromatic rings. The molecule has 3 atom stereocenters. The summed E-state index contributed by atoms with van der Waals surface area (Å²) in [5.74, 6) is -3.82. The van der Waals surface area contributed by atoms with Crippen LogP contribution in [0.2, 0.25) is 0 Å². The average molecular weight is 308 g/mol. The molecule has 0 aromatic heterocycles. The molecular formula is C11H20N2O8. The van der Waals surface area contributed by atoms with Gasteiger partial charge in [0.25, 0.3) is 0 Å². The van der Waals surface area contributed by atoms with Crippen LogP contribution in [0.3, 0.4) is 0 Å². The number of aliphatic carboxylic acids is 3. The van der Waals surface area contributed by atoms with Gasteiger partial charge in [-0.25, -0.2) is 4.79 Å². The molecule has 122 valence electrons. The smallest absolute Gasteiger partial charge is 0.332 e. The maximum absolute atomic E-state index is 11.0. The van der Waals surface area contributed by atoms with Gasteiger partial charge in [0.05, 0.1) is 6.61 Å². The number of carboxylic acid groups (broad SMARTS) is 3. The summed E-state index contributed by atoms with van der Waals surface area (Å²) < 4.78 is 0. The van der Waals surface area contributed by atoms with Gasteiger partial charge in [0.1, 0.15) is 12.1 Å². The second-order valence-corrected chi connectivity index (χ2v) is 4.30. The van der Waals surface area contributed by atoms with Gasteiger partial charge in [-0.1, -0.05) is 0 Å². The van der Waals surface area contributed by atoms with Crippen molar-refractivity contribution in [3.8, 4) is 0 Å². The minimum absolute atomic E-state index is 0.0210. The third-order valence-electron chi connectivity index (χ3n) is 2.70. The molecule has 10 heteroatoms. The molecule has 0 heterocycles. The van der Waals surface area contributed by atoms with Crippen LogP contribution < -0.4 is 10.6 Å². The van der Waals surface area contributed by atoms with E-state index in [-0.39, 0.29) is 25.9 Å². The normalized spacial score (nSPS) is 15.1. The van der Waals surface area contributed by atoms with Crippen LogP contribution in [0.5, 0.6) is 0 Å². The number of hydrogen-bond donors (Lipinski definition) is 7. The van der Waals surface area contributed by atoms with E-state index >= 15 is 0 Å². The molecule has 0 aliphatic heterocycles. The summed E-state index contributed by atoms with van der Waals surface area (Å²) in [4.78, 5) is 31.9. The second kappa shape index (κ2) is 10.0. The molecule has 0 amide bonds. The molecule has 0 rings (SSSR count). The Morgan fingerprint density at radius 3 is 1.71 bits per heavy atom. The van der Waals surface area contributed by atoms with Crippen molar-refractivity contribution in [2.45, 2.75) is 31.0 Å². The third kappa shape index (κ3) is 8.19. The molecule has 21 heavy (non-hydrogen) atoms. The molecule has 0 fully saturated rings. The van der Waals surface area contributed by atoms with Gasteiger partial charge < -0.3 is 36.2 Å². The molecular weight excluding hydrogens is 288 g/mol. The standard InChI is InChI=1S/C11H20N2O8/c14-5-7(10(18)19)13-3-1-6(9(16)17)12-4-2-8(15)11(20)21/h6-8,12-15H,1-5H2,(H,16,17)(H,18,19)(H,20,21). The van der Waals surface area contributed by atoms with Crippen LogP contribution in [-0.4, -0.2) is 81.3 Å². The summed E-state index contributed by atoms with van der Waals surface area (Å²) in [5, 5.41) is 48.9. The lowest BCUT2D eigenvalue weighted by atomic mass is 10.1. The van der Waals surface area contributed by atoms with Crippen LogP contribution in [0, 0.1) is 0 Å². The first-order valence-electron chi connectivity index (χ1n) is 6.23. The van der Waals surface area contributed by atoms with E-state index in [9.17, 15) is 14.4 Å². The van der Waals surface area contributed by atoms with Crippen molar-refractivity contribution >= 4 is 17.9 Å². The summed E-state index contributed by atoms with van der Waals surface area (Å²) in [6.07, 6.45) is -1.70. The summed E-state index contributed by atoms with van der Waals surface area (Å²) in [6, 6.07) is -2.19. The van der Waals surface area contributed by atoms with E-state index in [0.29, 0.717) is 0 Å². The van der Waals surface area contributed by atoms with Gasteiger partial charge in [0, 0.05) is 0 Å². The molecule has 10 nitrogen and oxygen atoms in total. The monoisotopic (exact) mass is 308 g/mol. The fourth-order valence-electron chi connectivity index (χ4n) is 1.46. The zero-order valence-electron chi connectivity index (χ0n) is 11.2. The van der Waals surface area contributed by atoms with Crippen molar-refractivity contribution in [1.29, 1.82) is 0 Å². The first kappa shape index (κ1) is 19.2. The number of nitrogens with one attached hydrogen (secondary N) is 2. The number of rotatable bonds is 12. The van der Waals surface area contributed by atoms with Crippen molar-refractivity contribution in [3.05, 3.63) is 0 Å². The maximum atomic E-state index is 11.0. The Kier molecular flexibility index (Phi) is 9.21. The van der Waals surface area contributed by atoms with Crippen LogP contribution in [0.4, 0.5) is 0 Å². The molecule has 7 N–H and O–H groups in total. The predicted octanol–water partition coefficient (Wildman–Crippen LogP) is -2.71. The minimum Gasteiger partial charge on any atom is -0.480 e. The summed E-state index contributed by atoms with van der Waals surface area (Å²) >= 11 is 0. The molecule has 3 unspecified atom stereocenters. The molecule has 0 aromatic carbocycles. The summed E-state index contributed by atoms with van der Waals surface area (Å²) in [5.41, 5.74) is 0. The Morgan fingerprint density at radius 2 is 1.29 bits per heavy atom. The minimum atomic E-state index is -1.57. The van der Waals surface area contributed by atoms with Crippen molar-refractivity contribution in [2.75, 3.05) is 19.7 Å². The van der Waals surface area contributed by atoms with Gasteiger partial charge in [-0.3, -0.25) is 9.59 Å². The van der Waals surface area contributed by atoms with Gasteiger partial charge >= 0.3 is 17.9 Å². The highest BCUT2D eigenvalue weighted by atomic mass is 16.4. The van der Waals surface area contributed by atoms with E-state index in [1.807, 2.05) is 0 Å². The largest absolute Gasteiger partial charge is 0.480 e. The zero-order valence-corrected chi connectivity index (χ0v) is 11.2. The number of hydrogen-bond acceptors (Lipinski definition) is 7. The van der Waals surface area contributed by atoms with E-state index in [1.54, 1.807) is 0 Å². The molecule has 0 spiro atoms. The second-order valence-electron chi connectivity index (χ2n) is 4.30. The van der Waals surface area contributed by atoms with Gasteiger partial charge in [0.15, 0.2) is 6.10 Å². The highest BCUT2D eigenvalue weighted by Crippen LogP contribution is 1.96. The quantitative estimate of drug-likeness (QED) is 0.200. The first-order chi connectivity index (χ1) is 9.79. The zero-order chi connectivity index (χ0) is 16.4. The molecule has 0 radical (unpaired) electrons. The van der Waals surface area contributed by atoms with Gasteiger partial charge in [-0.05, 0) is 25.9 Å². The lowest BCUT2D eigenvalue weighted by Gasteiger charge is -2.17. The van der Waals surface area contributed by atoms with E-state index in [4.69, 9.17) is 25.5 Å². The average Bonchev–Trinajstić information content (AvgIpc) is 2.40. The number of aliphatic hydroxyl groups excluding tert-OH is 2. The van der Waals surface area contributed by atoms with E-state index in [1.165, 1.54) is 0 Å². The van der Waals surface area contributed by atoms with Crippen molar-refractivity contribution in [3.63, 3.8) is 0 Å². The topological polar surface area (TPSA) is 176 Å². The Balaban J connectivity index is 4.11. The summed E-state index contributed by atoms with van der Waals surface area (Å²) in [7, 11) is 0. The Labute approximate surface area is 120 Å². The highest BCUT2D eigenvalue weighted by Gasteiger charge is 2.20. The maximum Gasteiger partial charge on any atom is 0.332 e. The molecule has 0 aliphatic carbocycles. The Morgan fingerprint density at radius 1 is 0.810 bits per heavy atom. The van der Waals surface area contributed by atoms with Crippen LogP contribution in [-0.2, 0) is 14.4 Å². The van der Waals surface area contributed by atoms with Gasteiger partial charge in [0.2, 0.25) is 0 Å². The third-order valence-corrected chi connectivity index (χ3v) is 2.70. The fourth-order valence-corrected chi connectivity index (χ4v) is 1.46. The fraction of sp³-hybridized carbons (Fsp3) is 0.727. The van der Waals surface area contributed by atoms with Crippen LogP contribution in [0.25, 0.3) is 0 Å². The van der Waals surface area contributed by atoms with Crippen molar-refractivity contribution < 1.29 is 39.9 Å². The number of carbonyl (C=O) groups is 3. The number of aliphatic hydroxyl groups is 2. The molecule has 0 bridgehead atoms. The highest BCUT2D eigenvalue weighted by molar-refractivity contribution is 5.74. The van der Waals surface area contributed by atoms with Crippen molar-refractivity contribution in [1.82, 2.24) is 10.6 Å². The Bertz CT molecular complexity index is 362. The van der Waals surface area contributed by atoms with E-state index in [0.717, 1.165) is 0 Å². The van der Waals surface area contributed by atoms with Crippen LogP contribution >= 0.6 is 0 Å². The summed E-state index contributed by atoms with van der Waals surface area (Å²) in [6.45, 7) is -0.610. The number of carboxylic acids is 3. The van der Waals surface area contributed by atoms with Crippen molar-refractivity contribution in [2.24, 2.45) is 0 Å². The molecule has 0 aliphatic rings. The molecule has 0 saturated heterocycles. The molecule has 0 saturated carbocycles. The lowest BCUT2D eigenvalue weighted by Crippen LogP contribution is -2.44. The SMILES string of the molecule is O=C(O)C(O)CCNC(CCNC(CO)C(=O)O)C(=O)O. The predicted molar refractivity (Wildman–Crippen MR) is 68.8 cm³/mol.